The molecule has 0 bridgehead atoms. The van der Waals surface area contributed by atoms with Gasteiger partial charge in [0.15, 0.2) is 0 Å². The van der Waals surface area contributed by atoms with Crippen LogP contribution < -0.4 is 15.2 Å². The lowest BCUT2D eigenvalue weighted by molar-refractivity contribution is 0.0690. The fourth-order valence-electron chi connectivity index (χ4n) is 1.67. The normalized spacial score (nSPS) is 10.2. The van der Waals surface area contributed by atoms with Gasteiger partial charge in [-0.25, -0.2) is 4.79 Å². The van der Waals surface area contributed by atoms with Gasteiger partial charge in [0.1, 0.15) is 22.9 Å². The monoisotopic (exact) mass is 263 g/mol. The summed E-state index contributed by atoms with van der Waals surface area (Å²) >= 11 is 0. The number of rotatable bonds is 4. The second kappa shape index (κ2) is 4.89. The summed E-state index contributed by atoms with van der Waals surface area (Å²) in [7, 11) is 2.98. The molecule has 2 aromatic rings. The number of nitrogens with two attached hydrogens (primary N) is 1. The molecule has 0 spiro atoms. The van der Waals surface area contributed by atoms with E-state index in [0.717, 1.165) is 0 Å². The lowest BCUT2D eigenvalue weighted by Crippen LogP contribution is -1.97. The fourth-order valence-corrected chi connectivity index (χ4v) is 1.67. The van der Waals surface area contributed by atoms with Crippen LogP contribution in [0.5, 0.6) is 11.5 Å². The van der Waals surface area contributed by atoms with Crippen LogP contribution in [0.3, 0.4) is 0 Å². The summed E-state index contributed by atoms with van der Waals surface area (Å²) in [5.41, 5.74) is 7.33. The molecule has 100 valence electrons. The number of nitrogen functional groups attached to an aromatic ring is 1. The number of benzene rings is 1. The Kier molecular flexibility index (Phi) is 3.28. The standard InChI is InChI=1S/C12H13N3O4/c1-18-9-3-6(4-10(19-2)11(9)13)7-5-8(12(16)17)15-14-7/h3-5H,13H2,1-2H3,(H,14,15)(H,16,17). The zero-order chi connectivity index (χ0) is 14.0. The zero-order valence-corrected chi connectivity index (χ0v) is 10.4. The van der Waals surface area contributed by atoms with Crippen LogP contribution in [0.1, 0.15) is 10.5 Å². The maximum absolute atomic E-state index is 10.8. The van der Waals surface area contributed by atoms with Crippen LogP contribution in [0.4, 0.5) is 5.69 Å². The van der Waals surface area contributed by atoms with E-state index >= 15 is 0 Å². The van der Waals surface area contributed by atoms with Crippen LogP contribution in [0, 0.1) is 0 Å². The molecule has 4 N–H and O–H groups in total. The molecule has 0 saturated heterocycles. The smallest absolute Gasteiger partial charge is 0.353 e. The molecule has 0 atom stereocenters. The first-order chi connectivity index (χ1) is 9.06. The lowest BCUT2D eigenvalue weighted by Gasteiger charge is -2.11. The summed E-state index contributed by atoms with van der Waals surface area (Å²) < 4.78 is 10.3. The first kappa shape index (κ1) is 12.7. The van der Waals surface area contributed by atoms with E-state index in [1.165, 1.54) is 20.3 Å². The molecule has 7 nitrogen and oxygen atoms in total. The van der Waals surface area contributed by atoms with Crippen molar-refractivity contribution in [2.45, 2.75) is 0 Å². The third-order valence-corrected chi connectivity index (χ3v) is 2.65. The van der Waals surface area contributed by atoms with Gasteiger partial charge in [-0.2, -0.15) is 5.10 Å². The largest absolute Gasteiger partial charge is 0.494 e. The van der Waals surface area contributed by atoms with Gasteiger partial charge in [-0.15, -0.1) is 0 Å². The number of H-pyrrole nitrogens is 1. The minimum absolute atomic E-state index is 0.00441. The number of aromatic carboxylic acids is 1. The second-order valence-electron chi connectivity index (χ2n) is 3.77. The number of nitrogens with zero attached hydrogens (tertiary/aromatic N) is 1. The predicted molar refractivity (Wildman–Crippen MR) is 68.5 cm³/mol. The summed E-state index contributed by atoms with van der Waals surface area (Å²) in [6.45, 7) is 0. The number of carboxylic acids is 1. The van der Waals surface area contributed by atoms with Crippen LogP contribution in [0.25, 0.3) is 11.3 Å². The van der Waals surface area contributed by atoms with Crippen molar-refractivity contribution in [2.24, 2.45) is 0 Å². The van der Waals surface area contributed by atoms with Crippen LogP contribution >= 0.6 is 0 Å². The van der Waals surface area contributed by atoms with E-state index in [0.29, 0.717) is 28.4 Å². The molecule has 0 radical (unpaired) electrons. The second-order valence-corrected chi connectivity index (χ2v) is 3.77. The summed E-state index contributed by atoms with van der Waals surface area (Å²) in [6.07, 6.45) is 0. The number of methoxy groups -OCH3 is 2. The number of carboxylic acid groups (broad SMARTS) is 1. The zero-order valence-electron chi connectivity index (χ0n) is 10.4. The van der Waals surface area contributed by atoms with E-state index in [1.807, 2.05) is 0 Å². The average Bonchev–Trinajstić information content (AvgIpc) is 2.89. The van der Waals surface area contributed by atoms with Crippen molar-refractivity contribution >= 4 is 11.7 Å². The molecule has 0 aliphatic rings. The molecular formula is C12H13N3O4. The summed E-state index contributed by atoms with van der Waals surface area (Å²) in [6, 6.07) is 4.76. The number of carbonyl (C=O) groups is 1. The van der Waals surface area contributed by atoms with Crippen LogP contribution in [-0.2, 0) is 0 Å². The molecule has 19 heavy (non-hydrogen) atoms. The number of nitrogens with one attached hydrogen (secondary N) is 1. The van der Waals surface area contributed by atoms with Crippen LogP contribution in [0.2, 0.25) is 0 Å². The highest BCUT2D eigenvalue weighted by Crippen LogP contribution is 2.36. The summed E-state index contributed by atoms with van der Waals surface area (Å²) in [5.74, 6) is -0.198. The van der Waals surface area contributed by atoms with E-state index in [4.69, 9.17) is 20.3 Å². The summed E-state index contributed by atoms with van der Waals surface area (Å²) in [4.78, 5) is 10.8. The lowest BCUT2D eigenvalue weighted by atomic mass is 10.1. The first-order valence-electron chi connectivity index (χ1n) is 5.37. The van der Waals surface area contributed by atoms with Gasteiger partial charge >= 0.3 is 5.97 Å². The molecule has 1 aromatic heterocycles. The number of aromatic amines is 1. The average molecular weight is 263 g/mol. The Labute approximate surface area is 109 Å². The Hall–Kier alpha value is -2.70. The quantitative estimate of drug-likeness (QED) is 0.718. The Bertz CT molecular complexity index is 596. The van der Waals surface area contributed by atoms with Crippen molar-refractivity contribution in [3.63, 3.8) is 0 Å². The Morgan fingerprint density at radius 2 is 1.84 bits per heavy atom. The number of hydrogen-bond donors (Lipinski definition) is 3. The molecule has 2 rings (SSSR count). The van der Waals surface area contributed by atoms with Gasteiger partial charge in [0.2, 0.25) is 0 Å². The molecule has 0 unspecified atom stereocenters. The van der Waals surface area contributed by atoms with Crippen molar-refractivity contribution in [1.29, 1.82) is 0 Å². The SMILES string of the molecule is COc1cc(-c2cc(C(=O)O)[nH]n2)cc(OC)c1N. The van der Waals surface area contributed by atoms with Gasteiger partial charge < -0.3 is 20.3 Å². The highest BCUT2D eigenvalue weighted by molar-refractivity contribution is 5.87. The van der Waals surface area contributed by atoms with Crippen molar-refractivity contribution < 1.29 is 19.4 Å². The van der Waals surface area contributed by atoms with Crippen molar-refractivity contribution in [1.82, 2.24) is 10.2 Å². The molecule has 0 aliphatic heterocycles. The molecule has 0 fully saturated rings. The summed E-state index contributed by atoms with van der Waals surface area (Å²) in [5, 5.41) is 15.2. The number of aromatic nitrogens is 2. The van der Waals surface area contributed by atoms with Crippen LogP contribution in [0.15, 0.2) is 18.2 Å². The van der Waals surface area contributed by atoms with Gasteiger partial charge in [-0.05, 0) is 18.2 Å². The molecule has 1 aromatic carbocycles. The maximum Gasteiger partial charge on any atom is 0.353 e. The van der Waals surface area contributed by atoms with Crippen molar-refractivity contribution in [2.75, 3.05) is 20.0 Å². The van der Waals surface area contributed by atoms with Gasteiger partial charge in [0, 0.05) is 5.56 Å². The molecule has 0 saturated carbocycles. The fraction of sp³-hybridized carbons (Fsp3) is 0.167. The van der Waals surface area contributed by atoms with E-state index < -0.39 is 5.97 Å². The van der Waals surface area contributed by atoms with Gasteiger partial charge in [-0.3, -0.25) is 5.10 Å². The third-order valence-electron chi connectivity index (χ3n) is 2.65. The van der Waals surface area contributed by atoms with E-state index in [-0.39, 0.29) is 5.69 Å². The minimum atomic E-state index is -1.08. The molecule has 7 heteroatoms. The highest BCUT2D eigenvalue weighted by atomic mass is 16.5. The maximum atomic E-state index is 10.8. The number of ether oxygens (including phenoxy) is 2. The number of anilines is 1. The van der Waals surface area contributed by atoms with Crippen molar-refractivity contribution in [3.8, 4) is 22.8 Å². The molecule has 1 heterocycles. The van der Waals surface area contributed by atoms with E-state index in [1.54, 1.807) is 12.1 Å². The van der Waals surface area contributed by atoms with Gasteiger partial charge in [-0.1, -0.05) is 0 Å². The number of hydrogen-bond acceptors (Lipinski definition) is 5. The molecule has 0 aliphatic carbocycles. The Morgan fingerprint density at radius 1 is 1.26 bits per heavy atom. The highest BCUT2D eigenvalue weighted by Gasteiger charge is 2.14. The molecule has 0 amide bonds. The Morgan fingerprint density at radius 3 is 2.26 bits per heavy atom. The Balaban J connectivity index is 2.51. The van der Waals surface area contributed by atoms with E-state index in [9.17, 15) is 4.79 Å². The van der Waals surface area contributed by atoms with Gasteiger partial charge in [0.25, 0.3) is 0 Å². The topological polar surface area (TPSA) is 110 Å². The predicted octanol–water partition coefficient (Wildman–Crippen LogP) is 1.37. The third kappa shape index (κ3) is 2.30. The first-order valence-corrected chi connectivity index (χ1v) is 5.37. The molecular weight excluding hydrogens is 250 g/mol. The van der Waals surface area contributed by atoms with Crippen molar-refractivity contribution in [3.05, 3.63) is 23.9 Å². The van der Waals surface area contributed by atoms with Crippen LogP contribution in [-0.4, -0.2) is 35.5 Å². The van der Waals surface area contributed by atoms with E-state index in [2.05, 4.69) is 10.2 Å². The minimum Gasteiger partial charge on any atom is -0.494 e. The van der Waals surface area contributed by atoms with Gasteiger partial charge in [0.05, 0.1) is 19.9 Å².